The van der Waals surface area contributed by atoms with Gasteiger partial charge in [-0.2, -0.15) is 0 Å². The van der Waals surface area contributed by atoms with Crippen LogP contribution >= 0.6 is 0 Å². The number of amides is 1. The van der Waals surface area contributed by atoms with E-state index in [2.05, 4.69) is 25.8 Å². The number of rotatable bonds is 5. The van der Waals surface area contributed by atoms with Crippen molar-refractivity contribution in [2.24, 2.45) is 0 Å². The third kappa shape index (κ3) is 4.93. The van der Waals surface area contributed by atoms with Crippen molar-refractivity contribution in [1.29, 1.82) is 5.41 Å². The van der Waals surface area contributed by atoms with Crippen molar-refractivity contribution in [1.82, 2.24) is 25.8 Å². The van der Waals surface area contributed by atoms with Crippen LogP contribution < -0.4 is 16.0 Å². The van der Waals surface area contributed by atoms with Gasteiger partial charge in [-0.1, -0.05) is 0 Å². The van der Waals surface area contributed by atoms with E-state index in [9.17, 15) is 9.90 Å². The molecule has 1 saturated heterocycles. The molecule has 0 spiro atoms. The Morgan fingerprint density at radius 1 is 1.33 bits per heavy atom. The van der Waals surface area contributed by atoms with Crippen molar-refractivity contribution in [3.63, 3.8) is 0 Å². The SMILES string of the molecule is CN/C(C)=C1/C=C(NC(=O)C2=COC(c3ccnc(C)c3)N2)C(N2CCC(O)CC2)=CC1=N. The molecule has 1 aliphatic carbocycles. The fraction of sp³-hybridized carbons (Fsp3) is 0.375. The molecule has 1 unspecified atom stereocenters. The number of piperidine rings is 1. The van der Waals surface area contributed by atoms with Gasteiger partial charge in [0.05, 0.1) is 23.2 Å². The Morgan fingerprint density at radius 2 is 2.09 bits per heavy atom. The Labute approximate surface area is 193 Å². The van der Waals surface area contributed by atoms with Gasteiger partial charge in [0.15, 0.2) is 6.23 Å². The molecule has 5 N–H and O–H groups in total. The fourth-order valence-corrected chi connectivity index (χ4v) is 4.05. The highest BCUT2D eigenvalue weighted by molar-refractivity contribution is 6.11. The quantitative estimate of drug-likeness (QED) is 0.463. The lowest BCUT2D eigenvalue weighted by molar-refractivity contribution is -0.117. The molecule has 1 fully saturated rings. The first-order chi connectivity index (χ1) is 15.9. The van der Waals surface area contributed by atoms with Gasteiger partial charge in [0.2, 0.25) is 0 Å². The molecule has 1 atom stereocenters. The van der Waals surface area contributed by atoms with Crippen LogP contribution in [0.15, 0.2) is 65.1 Å². The zero-order valence-corrected chi connectivity index (χ0v) is 19.1. The maximum Gasteiger partial charge on any atom is 0.275 e. The Morgan fingerprint density at radius 3 is 2.79 bits per heavy atom. The maximum atomic E-state index is 13.1. The van der Waals surface area contributed by atoms with Crippen LogP contribution in [0.4, 0.5) is 0 Å². The second-order valence-corrected chi connectivity index (χ2v) is 8.38. The van der Waals surface area contributed by atoms with Gasteiger partial charge in [-0.3, -0.25) is 9.78 Å². The number of hydrogen-bond acceptors (Lipinski definition) is 8. The standard InChI is InChI=1S/C24H30N6O3/c1-14-10-16(4-7-27-14)24-29-21(13-33-24)23(32)28-20-11-18(15(2)26-3)19(25)12-22(20)30-8-5-17(31)6-9-30/h4,7,10-13,17,24-26,29,31H,5-6,8-9H2,1-3H3,(H,28,32)/b18-15-,25-19?. The summed E-state index contributed by atoms with van der Waals surface area (Å²) in [6, 6.07) is 3.75. The van der Waals surface area contributed by atoms with Crippen LogP contribution in [-0.4, -0.2) is 52.9 Å². The highest BCUT2D eigenvalue weighted by Crippen LogP contribution is 2.27. The maximum absolute atomic E-state index is 13.1. The van der Waals surface area contributed by atoms with Gasteiger partial charge in [0.25, 0.3) is 5.91 Å². The molecular weight excluding hydrogens is 420 g/mol. The molecule has 2 aliphatic heterocycles. The third-order valence-electron chi connectivity index (χ3n) is 6.04. The molecule has 0 bridgehead atoms. The van der Waals surface area contributed by atoms with Crippen molar-refractivity contribution in [3.05, 3.63) is 76.4 Å². The minimum absolute atomic E-state index is 0.312. The lowest BCUT2D eigenvalue weighted by Crippen LogP contribution is -2.40. The topological polar surface area (TPSA) is 123 Å². The van der Waals surface area contributed by atoms with Gasteiger partial charge >= 0.3 is 0 Å². The zero-order valence-electron chi connectivity index (χ0n) is 19.1. The fourth-order valence-electron chi connectivity index (χ4n) is 4.05. The molecule has 1 aromatic heterocycles. The molecule has 0 aromatic carbocycles. The first-order valence-electron chi connectivity index (χ1n) is 11.1. The van der Waals surface area contributed by atoms with Crippen molar-refractivity contribution < 1.29 is 14.6 Å². The summed E-state index contributed by atoms with van der Waals surface area (Å²) in [5.41, 5.74) is 5.38. The van der Waals surface area contributed by atoms with Crippen molar-refractivity contribution in [2.75, 3.05) is 20.1 Å². The summed E-state index contributed by atoms with van der Waals surface area (Å²) < 4.78 is 5.68. The van der Waals surface area contributed by atoms with Crippen LogP contribution in [0.1, 0.15) is 37.3 Å². The van der Waals surface area contributed by atoms with Crippen molar-refractivity contribution in [3.8, 4) is 0 Å². The number of allylic oxidation sites excluding steroid dienone is 4. The Kier molecular flexibility index (Phi) is 6.50. The molecule has 174 valence electrons. The summed E-state index contributed by atoms with van der Waals surface area (Å²) in [5.74, 6) is -0.327. The molecule has 1 amide bonds. The van der Waals surface area contributed by atoms with Gasteiger partial charge in [0, 0.05) is 48.9 Å². The van der Waals surface area contributed by atoms with E-state index in [1.165, 1.54) is 6.26 Å². The van der Waals surface area contributed by atoms with E-state index in [0.717, 1.165) is 22.7 Å². The average molecular weight is 451 g/mol. The van der Waals surface area contributed by atoms with Crippen LogP contribution in [0, 0.1) is 12.3 Å². The number of aliphatic hydroxyl groups is 1. The molecule has 0 radical (unpaired) electrons. The number of hydrogen-bond donors (Lipinski definition) is 5. The van der Waals surface area contributed by atoms with Gasteiger partial charge in [0.1, 0.15) is 12.0 Å². The van der Waals surface area contributed by atoms with E-state index < -0.39 is 6.23 Å². The number of pyridine rings is 1. The van der Waals surface area contributed by atoms with Crippen LogP contribution in [0.2, 0.25) is 0 Å². The average Bonchev–Trinajstić information content (AvgIpc) is 3.31. The lowest BCUT2D eigenvalue weighted by Gasteiger charge is -2.35. The number of nitrogens with one attached hydrogen (secondary N) is 4. The second kappa shape index (κ2) is 9.50. The number of nitrogens with zero attached hydrogens (tertiary/aromatic N) is 2. The summed E-state index contributed by atoms with van der Waals surface area (Å²) in [7, 11) is 1.80. The minimum atomic E-state index is -0.457. The number of likely N-dealkylation sites (tertiary alicyclic amines) is 1. The molecule has 1 aromatic rings. The predicted molar refractivity (Wildman–Crippen MR) is 125 cm³/mol. The number of carbonyl (C=O) groups is 1. The summed E-state index contributed by atoms with van der Waals surface area (Å²) in [6.07, 6.45) is 7.27. The predicted octanol–water partition coefficient (Wildman–Crippen LogP) is 1.72. The third-order valence-corrected chi connectivity index (χ3v) is 6.04. The van der Waals surface area contributed by atoms with Crippen LogP contribution in [0.25, 0.3) is 0 Å². The first-order valence-corrected chi connectivity index (χ1v) is 11.1. The number of carbonyl (C=O) groups excluding carboxylic acids is 1. The van der Waals surface area contributed by atoms with E-state index in [0.29, 0.717) is 48.6 Å². The molecule has 4 rings (SSSR count). The van der Waals surface area contributed by atoms with E-state index >= 15 is 0 Å². The summed E-state index contributed by atoms with van der Waals surface area (Å²) in [4.78, 5) is 19.4. The van der Waals surface area contributed by atoms with Gasteiger partial charge in [-0.25, -0.2) is 0 Å². The van der Waals surface area contributed by atoms with E-state index in [1.54, 1.807) is 19.3 Å². The van der Waals surface area contributed by atoms with Gasteiger partial charge in [-0.05, 0) is 51.0 Å². The van der Waals surface area contributed by atoms with Crippen molar-refractivity contribution >= 4 is 11.6 Å². The highest BCUT2D eigenvalue weighted by Gasteiger charge is 2.29. The zero-order chi connectivity index (χ0) is 23.5. The van der Waals surface area contributed by atoms with E-state index in [4.69, 9.17) is 10.1 Å². The molecular formula is C24H30N6O3. The summed E-state index contributed by atoms with van der Waals surface area (Å²) in [5, 5.41) is 27.6. The smallest absolute Gasteiger partial charge is 0.275 e. The molecule has 3 heterocycles. The number of ether oxygens (including phenoxy) is 1. The Balaban J connectivity index is 1.53. The second-order valence-electron chi connectivity index (χ2n) is 8.38. The van der Waals surface area contributed by atoms with Crippen LogP contribution in [0.5, 0.6) is 0 Å². The van der Waals surface area contributed by atoms with E-state index in [-0.39, 0.29) is 12.0 Å². The number of aryl methyl sites for hydroxylation is 1. The van der Waals surface area contributed by atoms with Crippen LogP contribution in [-0.2, 0) is 9.53 Å². The number of aliphatic hydroxyl groups excluding tert-OH is 1. The highest BCUT2D eigenvalue weighted by atomic mass is 16.5. The number of aromatic nitrogens is 1. The molecule has 9 nitrogen and oxygen atoms in total. The van der Waals surface area contributed by atoms with Crippen LogP contribution in [0.3, 0.4) is 0 Å². The Bertz CT molecular complexity index is 1080. The normalized spacial score (nSPS) is 22.5. The van der Waals surface area contributed by atoms with E-state index in [1.807, 2.05) is 32.1 Å². The minimum Gasteiger partial charge on any atom is -0.472 e. The monoisotopic (exact) mass is 450 g/mol. The molecule has 9 heteroatoms. The van der Waals surface area contributed by atoms with Gasteiger partial charge < -0.3 is 36.1 Å². The largest absolute Gasteiger partial charge is 0.472 e. The van der Waals surface area contributed by atoms with Crippen molar-refractivity contribution in [2.45, 2.75) is 39.0 Å². The van der Waals surface area contributed by atoms with Gasteiger partial charge in [-0.15, -0.1) is 0 Å². The molecule has 3 aliphatic rings. The first kappa shape index (κ1) is 22.6. The molecule has 0 saturated carbocycles. The summed E-state index contributed by atoms with van der Waals surface area (Å²) >= 11 is 0. The summed E-state index contributed by atoms with van der Waals surface area (Å²) in [6.45, 7) is 5.11. The Hall–Kier alpha value is -3.59. The molecule has 33 heavy (non-hydrogen) atoms. The lowest BCUT2D eigenvalue weighted by atomic mass is 9.97.